The van der Waals surface area contributed by atoms with Crippen molar-refractivity contribution in [1.29, 1.82) is 0 Å². The number of nitrogens with one attached hydrogen (secondary N) is 4. The molecule has 8 rings (SSSR count). The van der Waals surface area contributed by atoms with Crippen LogP contribution in [0.2, 0.25) is 0 Å². The topological polar surface area (TPSA) is 148 Å². The van der Waals surface area contributed by atoms with E-state index in [-0.39, 0.29) is 46.7 Å². The Hall–Kier alpha value is -5.60. The molecule has 2 aliphatic heterocycles. The van der Waals surface area contributed by atoms with Crippen LogP contribution in [-0.2, 0) is 9.59 Å². The van der Waals surface area contributed by atoms with Crippen LogP contribution in [0, 0.1) is 23.5 Å². The van der Waals surface area contributed by atoms with E-state index in [2.05, 4.69) is 50.8 Å². The Labute approximate surface area is 324 Å². The first-order chi connectivity index (χ1) is 27.2. The fourth-order valence-corrected chi connectivity index (χ4v) is 7.58. The molecule has 2 aromatic carbocycles. The molecule has 2 saturated heterocycles. The van der Waals surface area contributed by atoms with Crippen molar-refractivity contribution in [2.75, 3.05) is 49.9 Å². The Morgan fingerprint density at radius 2 is 1.18 bits per heavy atom. The van der Waals surface area contributed by atoms with E-state index in [1.165, 1.54) is 25.7 Å². The molecule has 4 N–H and O–H groups in total. The van der Waals surface area contributed by atoms with Gasteiger partial charge in [0.05, 0.1) is 11.0 Å². The van der Waals surface area contributed by atoms with E-state index in [0.717, 1.165) is 61.1 Å². The molecule has 12 nitrogen and oxygen atoms in total. The Kier molecular flexibility index (Phi) is 12.4. The molecule has 56 heavy (non-hydrogen) atoms. The number of amides is 2. The van der Waals surface area contributed by atoms with Crippen molar-refractivity contribution in [3.8, 4) is 22.5 Å². The normalized spacial score (nSPS) is 15.8. The second-order valence-corrected chi connectivity index (χ2v) is 15.1. The number of carbonyl (C=O) groups is 2. The van der Waals surface area contributed by atoms with Crippen molar-refractivity contribution >= 4 is 45.3 Å². The van der Waals surface area contributed by atoms with Gasteiger partial charge in [-0.15, -0.1) is 0 Å². The maximum absolute atomic E-state index is 14.8. The zero-order valence-electron chi connectivity index (χ0n) is 31.8. The first-order valence-corrected chi connectivity index (χ1v) is 19.4. The third-order valence-corrected chi connectivity index (χ3v) is 10.3. The number of likely N-dealkylation sites (tertiary alicyclic amines) is 2. The molecule has 6 aromatic rings. The monoisotopic (exact) mass is 762 g/mol. The van der Waals surface area contributed by atoms with Gasteiger partial charge in [-0.2, -0.15) is 10.2 Å². The molecular formula is C42H48F2N10O2. The molecule has 0 bridgehead atoms. The molecule has 2 aliphatic rings. The number of nitrogens with zero attached hydrogens (tertiary/aromatic N) is 6. The van der Waals surface area contributed by atoms with Crippen LogP contribution in [-0.4, -0.2) is 91.2 Å². The van der Waals surface area contributed by atoms with Gasteiger partial charge in [-0.25, -0.2) is 8.78 Å². The summed E-state index contributed by atoms with van der Waals surface area (Å²) < 4.78 is 29.6. The van der Waals surface area contributed by atoms with Crippen molar-refractivity contribution in [3.63, 3.8) is 0 Å². The van der Waals surface area contributed by atoms with Crippen LogP contribution in [0.3, 0.4) is 0 Å². The zero-order chi connectivity index (χ0) is 39.0. The number of anilines is 2. The number of hydrogen-bond donors (Lipinski definition) is 4. The summed E-state index contributed by atoms with van der Waals surface area (Å²) in [7, 11) is 0. The van der Waals surface area contributed by atoms with E-state index in [1.54, 1.807) is 18.5 Å². The SMILES string of the molecule is CC(CC(=O)Nc1n[nH]c(-c2ccc3ncccc3c2)c1F)CN1CCCC1.CC(CC(=O)Nc1n[nH]c(-c2cnc3ccccc3c2)c1F)CN1CCCC1. The average molecular weight is 763 g/mol. The molecule has 2 fully saturated rings. The highest BCUT2D eigenvalue weighted by atomic mass is 19.1. The average Bonchev–Trinajstić information content (AvgIpc) is 4.03. The fraction of sp³-hybridized carbons (Fsp3) is 0.381. The summed E-state index contributed by atoms with van der Waals surface area (Å²) in [6.45, 7) is 10.3. The van der Waals surface area contributed by atoms with Crippen molar-refractivity contribution in [1.82, 2.24) is 40.2 Å². The number of fused-ring (bicyclic) bond motifs is 2. The van der Waals surface area contributed by atoms with Gasteiger partial charge < -0.3 is 20.4 Å². The van der Waals surface area contributed by atoms with Gasteiger partial charge in [-0.3, -0.25) is 29.8 Å². The molecule has 2 atom stereocenters. The Morgan fingerprint density at radius 1 is 0.679 bits per heavy atom. The minimum absolute atomic E-state index is 0.0559. The van der Waals surface area contributed by atoms with Crippen molar-refractivity contribution in [2.24, 2.45) is 11.8 Å². The number of halogens is 2. The molecule has 14 heteroatoms. The smallest absolute Gasteiger partial charge is 0.225 e. The maximum Gasteiger partial charge on any atom is 0.225 e. The van der Waals surface area contributed by atoms with Gasteiger partial charge in [-0.1, -0.05) is 44.2 Å². The minimum Gasteiger partial charge on any atom is -0.307 e. The fourth-order valence-electron chi connectivity index (χ4n) is 7.58. The maximum atomic E-state index is 14.8. The van der Waals surface area contributed by atoms with E-state index in [9.17, 15) is 18.4 Å². The number of aromatic amines is 2. The molecule has 0 aliphatic carbocycles. The molecule has 2 unspecified atom stereocenters. The van der Waals surface area contributed by atoms with Crippen molar-refractivity contribution in [2.45, 2.75) is 52.4 Å². The number of aromatic nitrogens is 6. The van der Waals surface area contributed by atoms with Gasteiger partial charge in [0.25, 0.3) is 0 Å². The van der Waals surface area contributed by atoms with Crippen LogP contribution in [0.25, 0.3) is 44.3 Å². The van der Waals surface area contributed by atoms with Gasteiger partial charge >= 0.3 is 0 Å². The van der Waals surface area contributed by atoms with E-state index in [0.29, 0.717) is 24.0 Å². The Bertz CT molecular complexity index is 2120. The molecule has 4 aromatic heterocycles. The summed E-state index contributed by atoms with van der Waals surface area (Å²) in [6.07, 6.45) is 8.92. The number of rotatable bonds is 12. The lowest BCUT2D eigenvalue weighted by atomic mass is 10.1. The summed E-state index contributed by atoms with van der Waals surface area (Å²) in [5, 5.41) is 20.3. The van der Waals surface area contributed by atoms with Crippen molar-refractivity contribution in [3.05, 3.63) is 84.7 Å². The largest absolute Gasteiger partial charge is 0.307 e. The van der Waals surface area contributed by atoms with E-state index < -0.39 is 11.6 Å². The van der Waals surface area contributed by atoms with Gasteiger partial charge in [-0.05, 0) is 94.0 Å². The number of carbonyl (C=O) groups excluding carboxylic acids is 2. The van der Waals surface area contributed by atoms with Gasteiger partial charge in [0.2, 0.25) is 11.8 Å². The molecule has 292 valence electrons. The standard InChI is InChI=1S/2C21H24FN5O/c1-14(13-27-9-2-3-10-27)11-18(28)24-21-19(22)20(25-26-21)16-6-7-17-15(12-16)5-4-8-23-17;1-14(13-27-8-4-5-9-27)10-18(28)24-21-19(22)20(25-26-21)16-11-15-6-2-3-7-17(15)23-12-16/h4-8,12,14H,2-3,9-11,13H2,1H3,(H2,24,25,26,28);2-3,6-7,11-12,14H,4-5,8-10,13H2,1H3,(H2,24,25,26,28). The van der Waals surface area contributed by atoms with Gasteiger partial charge in [0.15, 0.2) is 23.3 Å². The lowest BCUT2D eigenvalue weighted by Gasteiger charge is -2.19. The zero-order valence-corrected chi connectivity index (χ0v) is 31.8. The molecule has 0 saturated carbocycles. The second-order valence-electron chi connectivity index (χ2n) is 15.1. The Morgan fingerprint density at radius 3 is 1.77 bits per heavy atom. The summed E-state index contributed by atoms with van der Waals surface area (Å²) in [5.74, 6) is -1.26. The molecule has 0 radical (unpaired) electrons. The summed E-state index contributed by atoms with van der Waals surface area (Å²) in [6, 6.07) is 18.7. The van der Waals surface area contributed by atoms with Crippen LogP contribution in [0.4, 0.5) is 20.4 Å². The van der Waals surface area contributed by atoms with Crippen molar-refractivity contribution < 1.29 is 18.4 Å². The third-order valence-electron chi connectivity index (χ3n) is 10.3. The Balaban J connectivity index is 0.000000172. The van der Waals surface area contributed by atoms with Crippen LogP contribution in [0.1, 0.15) is 52.4 Å². The lowest BCUT2D eigenvalue weighted by Crippen LogP contribution is -2.28. The van der Waals surface area contributed by atoms with Crippen LogP contribution in [0.15, 0.2) is 73.1 Å². The highest BCUT2D eigenvalue weighted by Crippen LogP contribution is 2.29. The van der Waals surface area contributed by atoms with E-state index in [1.807, 2.05) is 68.4 Å². The van der Waals surface area contributed by atoms with Crippen LogP contribution >= 0.6 is 0 Å². The summed E-state index contributed by atoms with van der Waals surface area (Å²) >= 11 is 0. The number of para-hydroxylation sites is 1. The summed E-state index contributed by atoms with van der Waals surface area (Å²) in [4.78, 5) is 38.0. The predicted octanol–water partition coefficient (Wildman–Crippen LogP) is 7.65. The first kappa shape index (κ1) is 38.7. The minimum atomic E-state index is -0.572. The molecular weight excluding hydrogens is 715 g/mol. The van der Waals surface area contributed by atoms with Gasteiger partial charge in [0, 0.05) is 60.2 Å². The van der Waals surface area contributed by atoms with E-state index in [4.69, 9.17) is 0 Å². The highest BCUT2D eigenvalue weighted by Gasteiger charge is 2.22. The number of pyridine rings is 2. The molecule has 2 amide bonds. The quantitative estimate of drug-likeness (QED) is 0.0995. The van der Waals surface area contributed by atoms with E-state index >= 15 is 0 Å². The first-order valence-electron chi connectivity index (χ1n) is 19.4. The molecule has 6 heterocycles. The van der Waals surface area contributed by atoms with Crippen LogP contribution < -0.4 is 10.6 Å². The number of benzene rings is 2. The number of hydrogen-bond acceptors (Lipinski definition) is 8. The lowest BCUT2D eigenvalue weighted by molar-refractivity contribution is -0.118. The predicted molar refractivity (Wildman–Crippen MR) is 215 cm³/mol. The summed E-state index contributed by atoms with van der Waals surface area (Å²) in [5.41, 5.74) is 3.41. The number of H-pyrrole nitrogens is 2. The second kappa shape index (κ2) is 17.9. The van der Waals surface area contributed by atoms with Crippen LogP contribution in [0.5, 0.6) is 0 Å². The highest BCUT2D eigenvalue weighted by molar-refractivity contribution is 5.92. The van der Waals surface area contributed by atoms with Gasteiger partial charge in [0.1, 0.15) is 11.4 Å². The molecule has 0 spiro atoms. The third kappa shape index (κ3) is 9.61.